The smallest absolute Gasteiger partial charge is 0.129 e. The van der Waals surface area contributed by atoms with E-state index in [-0.39, 0.29) is 6.04 Å². The Kier molecular flexibility index (Phi) is 3.82. The molecule has 1 atom stereocenters. The summed E-state index contributed by atoms with van der Waals surface area (Å²) in [6, 6.07) is 14.0. The minimum Gasteiger partial charge on any atom is -0.496 e. The number of hydrogen-bond acceptors (Lipinski definition) is 4. The highest BCUT2D eigenvalue weighted by Gasteiger charge is 2.16. The van der Waals surface area contributed by atoms with Crippen molar-refractivity contribution in [1.29, 1.82) is 0 Å². The van der Waals surface area contributed by atoms with Gasteiger partial charge < -0.3 is 15.2 Å². The van der Waals surface area contributed by atoms with Crippen molar-refractivity contribution >= 4 is 22.1 Å². The zero-order valence-corrected chi connectivity index (χ0v) is 12.8. The first-order valence-corrected chi connectivity index (χ1v) is 7.56. The van der Waals surface area contributed by atoms with E-state index in [1.54, 1.807) is 25.6 Å². The summed E-state index contributed by atoms with van der Waals surface area (Å²) >= 11 is 1.61. The Morgan fingerprint density at radius 2 is 1.76 bits per heavy atom. The van der Waals surface area contributed by atoms with Crippen molar-refractivity contribution in [2.75, 3.05) is 14.2 Å². The summed E-state index contributed by atoms with van der Waals surface area (Å²) in [5, 5.41) is 4.18. The van der Waals surface area contributed by atoms with E-state index >= 15 is 0 Å². The molecular formula is C17H17NO2S. The molecular weight excluding hydrogens is 282 g/mol. The Labute approximate surface area is 127 Å². The lowest BCUT2D eigenvalue weighted by molar-refractivity contribution is 0.416. The molecule has 0 amide bonds. The molecule has 0 aliphatic heterocycles. The van der Waals surface area contributed by atoms with E-state index < -0.39 is 0 Å². The van der Waals surface area contributed by atoms with E-state index in [2.05, 4.69) is 12.1 Å². The lowest BCUT2D eigenvalue weighted by Crippen LogP contribution is -2.10. The standard InChI is InChI=1S/C17H17NO2S/c1-19-11-9-16(21-10-11)17(18)14-7-8-15(20-2)13-6-4-3-5-12(13)14/h3-10,17H,18H2,1-2H3. The van der Waals surface area contributed by atoms with Gasteiger partial charge >= 0.3 is 0 Å². The van der Waals surface area contributed by atoms with Crippen molar-refractivity contribution in [1.82, 2.24) is 0 Å². The first kappa shape index (κ1) is 13.9. The van der Waals surface area contributed by atoms with Gasteiger partial charge in [0.15, 0.2) is 0 Å². The molecule has 1 unspecified atom stereocenters. The van der Waals surface area contributed by atoms with E-state index in [9.17, 15) is 0 Å². The number of fused-ring (bicyclic) bond motifs is 1. The second-order valence-electron chi connectivity index (χ2n) is 4.77. The van der Waals surface area contributed by atoms with Crippen LogP contribution in [-0.2, 0) is 0 Å². The maximum absolute atomic E-state index is 6.46. The summed E-state index contributed by atoms with van der Waals surface area (Å²) in [6.45, 7) is 0. The highest BCUT2D eigenvalue weighted by Crippen LogP contribution is 2.35. The van der Waals surface area contributed by atoms with Crippen molar-refractivity contribution < 1.29 is 9.47 Å². The van der Waals surface area contributed by atoms with Gasteiger partial charge in [0.1, 0.15) is 11.5 Å². The van der Waals surface area contributed by atoms with Crippen LogP contribution in [0.4, 0.5) is 0 Å². The molecule has 1 heterocycles. The third-order valence-electron chi connectivity index (χ3n) is 3.61. The number of thiophene rings is 1. The molecule has 0 saturated heterocycles. The molecule has 2 N–H and O–H groups in total. The van der Waals surface area contributed by atoms with Crippen molar-refractivity contribution in [2.24, 2.45) is 5.73 Å². The van der Waals surface area contributed by atoms with Crippen molar-refractivity contribution in [2.45, 2.75) is 6.04 Å². The second-order valence-corrected chi connectivity index (χ2v) is 5.71. The second kappa shape index (κ2) is 5.76. The van der Waals surface area contributed by atoms with E-state index in [0.717, 1.165) is 32.7 Å². The molecule has 0 saturated carbocycles. The molecule has 0 radical (unpaired) electrons. The summed E-state index contributed by atoms with van der Waals surface area (Å²) < 4.78 is 10.7. The third kappa shape index (κ3) is 2.48. The lowest BCUT2D eigenvalue weighted by atomic mass is 9.97. The minimum absolute atomic E-state index is 0.172. The van der Waals surface area contributed by atoms with Gasteiger partial charge in [-0.1, -0.05) is 30.3 Å². The number of ether oxygens (including phenoxy) is 2. The number of hydrogen-bond donors (Lipinski definition) is 1. The molecule has 3 rings (SSSR count). The van der Waals surface area contributed by atoms with Crippen molar-refractivity contribution in [3.05, 3.63) is 58.3 Å². The predicted molar refractivity (Wildman–Crippen MR) is 87.4 cm³/mol. The molecule has 0 aliphatic carbocycles. The van der Waals surface area contributed by atoms with Gasteiger partial charge in [0.2, 0.25) is 0 Å². The van der Waals surface area contributed by atoms with Crippen LogP contribution in [0.25, 0.3) is 10.8 Å². The molecule has 0 spiro atoms. The third-order valence-corrected chi connectivity index (χ3v) is 4.60. The molecule has 0 bridgehead atoms. The monoisotopic (exact) mass is 299 g/mol. The maximum Gasteiger partial charge on any atom is 0.129 e. The zero-order chi connectivity index (χ0) is 14.8. The van der Waals surface area contributed by atoms with Crippen LogP contribution < -0.4 is 15.2 Å². The van der Waals surface area contributed by atoms with Crippen LogP contribution in [-0.4, -0.2) is 14.2 Å². The fourth-order valence-corrected chi connectivity index (χ4v) is 3.38. The summed E-state index contributed by atoms with van der Waals surface area (Å²) in [7, 11) is 3.35. The van der Waals surface area contributed by atoms with Gasteiger partial charge in [-0.3, -0.25) is 0 Å². The van der Waals surface area contributed by atoms with Gasteiger partial charge in [0.25, 0.3) is 0 Å². The van der Waals surface area contributed by atoms with Crippen LogP contribution in [0.2, 0.25) is 0 Å². The molecule has 1 aromatic heterocycles. The SMILES string of the molecule is COc1csc(C(N)c2ccc(OC)c3ccccc23)c1. The fraction of sp³-hybridized carbons (Fsp3) is 0.176. The van der Waals surface area contributed by atoms with Gasteiger partial charge in [0, 0.05) is 15.6 Å². The van der Waals surface area contributed by atoms with E-state index in [1.165, 1.54) is 0 Å². The average molecular weight is 299 g/mol. The van der Waals surface area contributed by atoms with Crippen LogP contribution in [0.1, 0.15) is 16.5 Å². The topological polar surface area (TPSA) is 44.5 Å². The largest absolute Gasteiger partial charge is 0.496 e. The highest BCUT2D eigenvalue weighted by molar-refractivity contribution is 7.10. The maximum atomic E-state index is 6.46. The Bertz CT molecular complexity index is 766. The van der Waals surface area contributed by atoms with E-state index in [0.29, 0.717) is 0 Å². The van der Waals surface area contributed by atoms with Crippen LogP contribution in [0.15, 0.2) is 47.8 Å². The summed E-state index contributed by atoms with van der Waals surface area (Å²) in [6.07, 6.45) is 0. The molecule has 3 nitrogen and oxygen atoms in total. The normalized spacial score (nSPS) is 12.3. The fourth-order valence-electron chi connectivity index (χ4n) is 2.50. The van der Waals surface area contributed by atoms with E-state index in [4.69, 9.17) is 15.2 Å². The number of benzene rings is 2. The summed E-state index contributed by atoms with van der Waals surface area (Å²) in [5.41, 5.74) is 7.55. The lowest BCUT2D eigenvalue weighted by Gasteiger charge is -2.15. The van der Waals surface area contributed by atoms with Crippen molar-refractivity contribution in [3.63, 3.8) is 0 Å². The zero-order valence-electron chi connectivity index (χ0n) is 12.0. The first-order chi connectivity index (χ1) is 10.2. The minimum atomic E-state index is -0.172. The molecule has 0 aliphatic rings. The molecule has 0 fully saturated rings. The van der Waals surface area contributed by atoms with Gasteiger partial charge in [-0.2, -0.15) is 0 Å². The first-order valence-electron chi connectivity index (χ1n) is 6.68. The summed E-state index contributed by atoms with van der Waals surface area (Å²) in [5.74, 6) is 1.72. The molecule has 2 aromatic carbocycles. The number of rotatable bonds is 4. The quantitative estimate of drug-likeness (QED) is 0.793. The summed E-state index contributed by atoms with van der Waals surface area (Å²) in [4.78, 5) is 1.09. The van der Waals surface area contributed by atoms with Crippen LogP contribution >= 0.6 is 11.3 Å². The Balaban J connectivity index is 2.11. The van der Waals surface area contributed by atoms with Crippen molar-refractivity contribution in [3.8, 4) is 11.5 Å². The Hall–Kier alpha value is -2.04. The van der Waals surface area contributed by atoms with Gasteiger partial charge in [0.05, 0.1) is 20.3 Å². The van der Waals surface area contributed by atoms with Crippen LogP contribution in [0.5, 0.6) is 11.5 Å². The van der Waals surface area contributed by atoms with Crippen LogP contribution in [0, 0.1) is 0 Å². The average Bonchev–Trinajstić information content (AvgIpc) is 3.02. The molecule has 4 heteroatoms. The van der Waals surface area contributed by atoms with Gasteiger partial charge in [-0.05, 0) is 23.1 Å². The number of methoxy groups -OCH3 is 2. The molecule has 21 heavy (non-hydrogen) atoms. The highest BCUT2D eigenvalue weighted by atomic mass is 32.1. The Morgan fingerprint density at radius 1 is 1.00 bits per heavy atom. The molecule has 3 aromatic rings. The number of nitrogens with two attached hydrogens (primary N) is 1. The molecule has 108 valence electrons. The van der Waals surface area contributed by atoms with E-state index in [1.807, 2.05) is 35.7 Å². The van der Waals surface area contributed by atoms with Gasteiger partial charge in [-0.25, -0.2) is 0 Å². The Morgan fingerprint density at radius 3 is 2.43 bits per heavy atom. The van der Waals surface area contributed by atoms with Crippen LogP contribution in [0.3, 0.4) is 0 Å². The predicted octanol–water partition coefficient (Wildman–Crippen LogP) is 3.97. The van der Waals surface area contributed by atoms with Gasteiger partial charge in [-0.15, -0.1) is 11.3 Å².